The minimum absolute atomic E-state index is 0.0393. The Morgan fingerprint density at radius 1 is 1.07 bits per heavy atom. The van der Waals surface area contributed by atoms with Gasteiger partial charge in [0.2, 0.25) is 0 Å². The van der Waals surface area contributed by atoms with Crippen molar-refractivity contribution in [2.24, 2.45) is 5.73 Å². The number of methoxy groups -OCH3 is 1. The topological polar surface area (TPSA) is 83.0 Å². The van der Waals surface area contributed by atoms with Crippen molar-refractivity contribution in [2.75, 3.05) is 13.7 Å². The van der Waals surface area contributed by atoms with Crippen molar-refractivity contribution in [3.05, 3.63) is 76.6 Å². The predicted octanol–water partition coefficient (Wildman–Crippen LogP) is 2.84. The average Bonchev–Trinajstić information content (AvgIpc) is 2.74. The van der Waals surface area contributed by atoms with E-state index in [1.807, 2.05) is 30.3 Å². The Hall–Kier alpha value is -2.99. The summed E-state index contributed by atoms with van der Waals surface area (Å²) >= 11 is 0. The smallest absolute Gasteiger partial charge is 0.254 e. The van der Waals surface area contributed by atoms with Crippen LogP contribution >= 0.6 is 0 Å². The molecule has 3 rings (SSSR count). The monoisotopic (exact) mass is 378 g/mol. The summed E-state index contributed by atoms with van der Waals surface area (Å²) in [7, 11) is 1.68. The molecule has 1 aromatic carbocycles. The fourth-order valence-electron chi connectivity index (χ4n) is 3.25. The van der Waals surface area contributed by atoms with Gasteiger partial charge in [0.05, 0.1) is 12.8 Å². The lowest BCUT2D eigenvalue weighted by Crippen LogP contribution is -2.26. The van der Waals surface area contributed by atoms with E-state index in [4.69, 9.17) is 15.5 Å². The normalized spacial score (nSPS) is 10.8. The second kappa shape index (κ2) is 9.80. The van der Waals surface area contributed by atoms with Crippen LogP contribution in [0.1, 0.15) is 24.2 Å². The molecule has 0 fully saturated rings. The molecule has 0 saturated carbocycles. The number of nitrogens with two attached hydrogens (primary N) is 1. The highest BCUT2D eigenvalue weighted by Gasteiger charge is 2.11. The Bertz CT molecular complexity index is 954. The van der Waals surface area contributed by atoms with Gasteiger partial charge in [0.15, 0.2) is 0 Å². The molecule has 2 aromatic heterocycles. The van der Waals surface area contributed by atoms with E-state index < -0.39 is 0 Å². The van der Waals surface area contributed by atoms with E-state index in [0.29, 0.717) is 25.2 Å². The molecule has 28 heavy (non-hydrogen) atoms. The first-order valence-electron chi connectivity index (χ1n) is 9.56. The van der Waals surface area contributed by atoms with Crippen molar-refractivity contribution < 1.29 is 4.74 Å². The van der Waals surface area contributed by atoms with Gasteiger partial charge >= 0.3 is 0 Å². The highest BCUT2D eigenvalue weighted by Crippen LogP contribution is 2.20. The van der Waals surface area contributed by atoms with Crippen molar-refractivity contribution in [3.63, 3.8) is 0 Å². The number of para-hydroxylation sites is 1. The zero-order valence-electron chi connectivity index (χ0n) is 16.2. The third kappa shape index (κ3) is 4.84. The SMILES string of the molecule is COc1ccccc1CCCc1nc(-c2ccncc2)cc(=O)n1CCCN. The van der Waals surface area contributed by atoms with Gasteiger partial charge in [0.25, 0.3) is 5.56 Å². The van der Waals surface area contributed by atoms with Crippen LogP contribution in [0.5, 0.6) is 5.75 Å². The third-order valence-electron chi connectivity index (χ3n) is 4.69. The zero-order valence-corrected chi connectivity index (χ0v) is 16.2. The lowest BCUT2D eigenvalue weighted by atomic mass is 10.1. The van der Waals surface area contributed by atoms with Gasteiger partial charge in [0, 0.05) is 37.0 Å². The Morgan fingerprint density at radius 3 is 2.61 bits per heavy atom. The van der Waals surface area contributed by atoms with Crippen molar-refractivity contribution in [1.82, 2.24) is 14.5 Å². The molecule has 0 atom stereocenters. The number of nitrogens with zero attached hydrogens (tertiary/aromatic N) is 3. The molecule has 3 aromatic rings. The Kier molecular flexibility index (Phi) is 6.92. The van der Waals surface area contributed by atoms with Crippen LogP contribution < -0.4 is 16.0 Å². The maximum absolute atomic E-state index is 12.7. The van der Waals surface area contributed by atoms with Crippen LogP contribution in [0.15, 0.2) is 59.7 Å². The molecule has 6 heteroatoms. The molecular weight excluding hydrogens is 352 g/mol. The first kappa shape index (κ1) is 19.8. The van der Waals surface area contributed by atoms with Gasteiger partial charge in [-0.25, -0.2) is 4.98 Å². The summed E-state index contributed by atoms with van der Waals surface area (Å²) in [4.78, 5) is 21.6. The van der Waals surface area contributed by atoms with E-state index in [9.17, 15) is 4.79 Å². The van der Waals surface area contributed by atoms with E-state index in [1.54, 1.807) is 30.1 Å². The van der Waals surface area contributed by atoms with Crippen molar-refractivity contribution in [2.45, 2.75) is 32.2 Å². The second-order valence-corrected chi connectivity index (χ2v) is 6.59. The maximum Gasteiger partial charge on any atom is 0.254 e. The largest absolute Gasteiger partial charge is 0.496 e. The lowest BCUT2D eigenvalue weighted by molar-refractivity contribution is 0.409. The minimum Gasteiger partial charge on any atom is -0.496 e. The van der Waals surface area contributed by atoms with Crippen LogP contribution in [-0.4, -0.2) is 28.2 Å². The molecule has 146 valence electrons. The first-order chi connectivity index (χ1) is 13.7. The fraction of sp³-hybridized carbons (Fsp3) is 0.318. The van der Waals surface area contributed by atoms with Gasteiger partial charge in [-0.05, 0) is 49.6 Å². The molecule has 0 aliphatic carbocycles. The number of aryl methyl sites for hydroxylation is 2. The van der Waals surface area contributed by atoms with E-state index in [0.717, 1.165) is 42.0 Å². The van der Waals surface area contributed by atoms with Crippen LogP contribution in [0.3, 0.4) is 0 Å². The van der Waals surface area contributed by atoms with Gasteiger partial charge in [0.1, 0.15) is 11.6 Å². The lowest BCUT2D eigenvalue weighted by Gasteiger charge is -2.14. The standard InChI is InChI=1S/C22H26N4O2/c1-28-20-8-3-2-6-18(20)7-4-9-21-25-19(17-10-13-24-14-11-17)16-22(27)26(21)15-5-12-23/h2-3,6,8,10-11,13-14,16H,4-5,7,9,12,15,23H2,1H3. The summed E-state index contributed by atoms with van der Waals surface area (Å²) in [5, 5.41) is 0. The van der Waals surface area contributed by atoms with Crippen LogP contribution in [0.25, 0.3) is 11.3 Å². The predicted molar refractivity (Wildman–Crippen MR) is 110 cm³/mol. The number of benzene rings is 1. The average molecular weight is 378 g/mol. The van der Waals surface area contributed by atoms with Crippen LogP contribution in [-0.2, 0) is 19.4 Å². The Balaban J connectivity index is 1.84. The molecule has 2 N–H and O–H groups in total. The van der Waals surface area contributed by atoms with E-state index in [1.165, 1.54) is 0 Å². The molecule has 0 spiro atoms. The highest BCUT2D eigenvalue weighted by molar-refractivity contribution is 5.57. The molecule has 6 nitrogen and oxygen atoms in total. The maximum atomic E-state index is 12.7. The number of rotatable bonds is 9. The highest BCUT2D eigenvalue weighted by atomic mass is 16.5. The number of hydrogen-bond donors (Lipinski definition) is 1. The summed E-state index contributed by atoms with van der Waals surface area (Å²) in [6.45, 7) is 1.13. The number of ether oxygens (including phenoxy) is 1. The van der Waals surface area contributed by atoms with Gasteiger partial charge in [-0.1, -0.05) is 18.2 Å². The number of aromatic nitrogens is 3. The van der Waals surface area contributed by atoms with Crippen LogP contribution in [0.2, 0.25) is 0 Å². The van der Waals surface area contributed by atoms with Crippen LogP contribution in [0.4, 0.5) is 0 Å². The summed E-state index contributed by atoms with van der Waals surface area (Å²) in [6, 6.07) is 13.3. The summed E-state index contributed by atoms with van der Waals surface area (Å²) in [6.07, 6.45) is 6.59. The third-order valence-corrected chi connectivity index (χ3v) is 4.69. The summed E-state index contributed by atoms with van der Waals surface area (Å²) in [5.41, 5.74) is 8.34. The first-order valence-corrected chi connectivity index (χ1v) is 9.56. The molecule has 0 amide bonds. The van der Waals surface area contributed by atoms with E-state index >= 15 is 0 Å². The second-order valence-electron chi connectivity index (χ2n) is 6.59. The minimum atomic E-state index is -0.0393. The zero-order chi connectivity index (χ0) is 19.8. The van der Waals surface area contributed by atoms with Gasteiger partial charge < -0.3 is 10.5 Å². The molecule has 0 saturated heterocycles. The van der Waals surface area contributed by atoms with Crippen molar-refractivity contribution >= 4 is 0 Å². The fourth-order valence-corrected chi connectivity index (χ4v) is 3.25. The molecule has 0 radical (unpaired) electrons. The molecule has 0 aliphatic heterocycles. The Morgan fingerprint density at radius 2 is 1.86 bits per heavy atom. The van der Waals surface area contributed by atoms with Crippen molar-refractivity contribution in [1.29, 1.82) is 0 Å². The number of pyridine rings is 1. The van der Waals surface area contributed by atoms with Crippen molar-refractivity contribution in [3.8, 4) is 17.0 Å². The van der Waals surface area contributed by atoms with E-state index in [-0.39, 0.29) is 5.56 Å². The van der Waals surface area contributed by atoms with Gasteiger partial charge in [-0.15, -0.1) is 0 Å². The Labute approximate surface area is 165 Å². The molecule has 0 unspecified atom stereocenters. The van der Waals surface area contributed by atoms with Gasteiger partial charge in [-0.3, -0.25) is 14.3 Å². The summed E-state index contributed by atoms with van der Waals surface area (Å²) < 4.78 is 7.18. The van der Waals surface area contributed by atoms with Gasteiger partial charge in [-0.2, -0.15) is 0 Å². The quantitative estimate of drug-likeness (QED) is 0.619. The van der Waals surface area contributed by atoms with Crippen LogP contribution in [0, 0.1) is 0 Å². The number of hydrogen-bond acceptors (Lipinski definition) is 5. The molecule has 0 aliphatic rings. The molecule has 0 bridgehead atoms. The summed E-state index contributed by atoms with van der Waals surface area (Å²) in [5.74, 6) is 1.68. The van der Waals surface area contributed by atoms with E-state index in [2.05, 4.69) is 11.1 Å². The molecular formula is C22H26N4O2. The molecule has 2 heterocycles.